The number of hydrogen-bond acceptors (Lipinski definition) is 4. The lowest BCUT2D eigenvalue weighted by Gasteiger charge is -2.30. The normalized spacial score (nSPS) is 12.7. The van der Waals surface area contributed by atoms with E-state index in [0.717, 1.165) is 24.2 Å². The van der Waals surface area contributed by atoms with Gasteiger partial charge in [0.15, 0.2) is 6.61 Å². The van der Waals surface area contributed by atoms with Crippen LogP contribution in [0.15, 0.2) is 66.7 Å². The fourth-order valence-corrected chi connectivity index (χ4v) is 3.77. The van der Waals surface area contributed by atoms with E-state index >= 15 is 0 Å². The molecule has 33 heavy (non-hydrogen) atoms. The molecule has 0 unspecified atom stereocenters. The fraction of sp³-hybridized carbons (Fsp3) is 0.231. The van der Waals surface area contributed by atoms with Crippen LogP contribution in [0.2, 0.25) is 5.02 Å². The van der Waals surface area contributed by atoms with Crippen molar-refractivity contribution in [2.75, 3.05) is 30.0 Å². The quantitative estimate of drug-likeness (QED) is 0.448. The number of amides is 2. The van der Waals surface area contributed by atoms with Gasteiger partial charge >= 0.3 is 0 Å². The molecule has 1 heterocycles. The first-order valence-electron chi connectivity index (χ1n) is 10.8. The van der Waals surface area contributed by atoms with Crippen molar-refractivity contribution >= 4 is 34.8 Å². The number of carbonyl (C=O) groups is 2. The number of anilines is 2. The number of carbonyl (C=O) groups excluding carboxylic acids is 2. The molecule has 0 radical (unpaired) electrons. The molecule has 1 aliphatic heterocycles. The average Bonchev–Trinajstić information content (AvgIpc) is 2.81. The molecule has 4 rings (SSSR count). The molecule has 0 saturated heterocycles. The summed E-state index contributed by atoms with van der Waals surface area (Å²) in [7, 11) is 0. The fourth-order valence-electron chi connectivity index (χ4n) is 3.64. The molecule has 2 amide bonds. The molecule has 3 aromatic rings. The van der Waals surface area contributed by atoms with Gasteiger partial charge in [0.2, 0.25) is 0 Å². The highest BCUT2D eigenvalue weighted by molar-refractivity contribution is 6.30. The van der Waals surface area contributed by atoms with Crippen LogP contribution in [0.5, 0.6) is 11.5 Å². The number of fused-ring (bicyclic) bond motifs is 1. The van der Waals surface area contributed by atoms with Gasteiger partial charge in [0.25, 0.3) is 11.8 Å². The summed E-state index contributed by atoms with van der Waals surface area (Å²) in [4.78, 5) is 26.9. The maximum absolute atomic E-state index is 12.7. The maximum atomic E-state index is 12.7. The van der Waals surface area contributed by atoms with Crippen LogP contribution in [0.1, 0.15) is 28.8 Å². The Labute approximate surface area is 198 Å². The number of aryl methyl sites for hydroxylation is 1. The minimum Gasteiger partial charge on any atom is -0.494 e. The third-order valence-electron chi connectivity index (χ3n) is 5.41. The second kappa shape index (κ2) is 10.4. The van der Waals surface area contributed by atoms with E-state index in [0.29, 0.717) is 40.9 Å². The van der Waals surface area contributed by atoms with Crippen molar-refractivity contribution in [3.63, 3.8) is 0 Å². The number of nitrogens with zero attached hydrogens (tertiary/aromatic N) is 1. The van der Waals surface area contributed by atoms with Gasteiger partial charge in [0, 0.05) is 22.8 Å². The summed E-state index contributed by atoms with van der Waals surface area (Å²) < 4.78 is 11.3. The largest absolute Gasteiger partial charge is 0.494 e. The zero-order valence-corrected chi connectivity index (χ0v) is 19.1. The van der Waals surface area contributed by atoms with Gasteiger partial charge in [-0.1, -0.05) is 29.8 Å². The predicted octanol–water partition coefficient (Wildman–Crippen LogP) is 5.49. The number of ether oxygens (including phenoxy) is 2. The molecule has 0 aromatic heterocycles. The SMILES string of the molecule is Cc1ccccc1C(=O)Nc1ccc2c(c1)N(CCCCOc1ccc(Cl)cc1)C(=O)CO2. The molecule has 1 aliphatic rings. The van der Waals surface area contributed by atoms with E-state index in [1.807, 2.05) is 37.3 Å². The van der Waals surface area contributed by atoms with Crippen molar-refractivity contribution in [2.24, 2.45) is 0 Å². The first-order valence-corrected chi connectivity index (χ1v) is 11.2. The van der Waals surface area contributed by atoms with E-state index in [1.165, 1.54) is 0 Å². The van der Waals surface area contributed by atoms with Gasteiger partial charge in [-0.25, -0.2) is 0 Å². The number of benzene rings is 3. The summed E-state index contributed by atoms with van der Waals surface area (Å²) in [5.74, 6) is 1.09. The molecule has 0 fully saturated rings. The van der Waals surface area contributed by atoms with E-state index in [9.17, 15) is 9.59 Å². The first kappa shape index (κ1) is 22.7. The van der Waals surface area contributed by atoms with Crippen molar-refractivity contribution in [2.45, 2.75) is 19.8 Å². The van der Waals surface area contributed by atoms with E-state index in [4.69, 9.17) is 21.1 Å². The van der Waals surface area contributed by atoms with E-state index in [2.05, 4.69) is 5.32 Å². The molecule has 6 nitrogen and oxygen atoms in total. The maximum Gasteiger partial charge on any atom is 0.265 e. The van der Waals surface area contributed by atoms with Crippen molar-refractivity contribution in [1.82, 2.24) is 0 Å². The van der Waals surface area contributed by atoms with Crippen LogP contribution in [0.25, 0.3) is 0 Å². The molecule has 7 heteroatoms. The van der Waals surface area contributed by atoms with E-state index < -0.39 is 0 Å². The molecule has 1 N–H and O–H groups in total. The Morgan fingerprint density at radius 1 is 1.09 bits per heavy atom. The first-order chi connectivity index (χ1) is 16.0. The van der Waals surface area contributed by atoms with Crippen LogP contribution < -0.4 is 19.7 Å². The Kier molecular flexibility index (Phi) is 7.15. The van der Waals surface area contributed by atoms with Gasteiger partial charge in [0.1, 0.15) is 11.5 Å². The topological polar surface area (TPSA) is 67.9 Å². The number of halogens is 1. The third kappa shape index (κ3) is 5.65. The van der Waals surface area contributed by atoms with Crippen LogP contribution in [0.4, 0.5) is 11.4 Å². The second-order valence-electron chi connectivity index (χ2n) is 7.80. The minimum absolute atomic E-state index is 0.00317. The molecule has 0 aliphatic carbocycles. The lowest BCUT2D eigenvalue weighted by molar-refractivity contribution is -0.121. The number of unbranched alkanes of at least 4 members (excludes halogenated alkanes) is 1. The van der Waals surface area contributed by atoms with Gasteiger partial charge in [0.05, 0.1) is 12.3 Å². The Bertz CT molecular complexity index is 1150. The lowest BCUT2D eigenvalue weighted by atomic mass is 10.1. The molecular formula is C26H25ClN2O4. The van der Waals surface area contributed by atoms with Crippen molar-refractivity contribution in [3.8, 4) is 11.5 Å². The van der Waals surface area contributed by atoms with Crippen molar-refractivity contribution in [1.29, 1.82) is 0 Å². The Morgan fingerprint density at radius 2 is 1.88 bits per heavy atom. The Hall–Kier alpha value is -3.51. The molecule has 0 bridgehead atoms. The number of hydrogen-bond donors (Lipinski definition) is 1. The standard InChI is InChI=1S/C26H25ClN2O4/c1-18-6-2-3-7-22(18)26(31)28-20-10-13-24-23(16-20)29(25(30)17-33-24)14-4-5-15-32-21-11-8-19(27)9-12-21/h2-3,6-13,16H,4-5,14-15,17H2,1H3,(H,28,31). The van der Waals surface area contributed by atoms with Crippen LogP contribution >= 0.6 is 11.6 Å². The molecule has 0 atom stereocenters. The van der Waals surface area contributed by atoms with Crippen LogP contribution in [-0.2, 0) is 4.79 Å². The summed E-state index contributed by atoms with van der Waals surface area (Å²) in [5, 5.41) is 3.59. The Balaban J connectivity index is 1.38. The van der Waals surface area contributed by atoms with Gasteiger partial charge in [-0.05, 0) is 73.9 Å². The zero-order valence-electron chi connectivity index (χ0n) is 18.3. The van der Waals surface area contributed by atoms with Gasteiger partial charge in [-0.2, -0.15) is 0 Å². The molecule has 170 valence electrons. The van der Waals surface area contributed by atoms with Crippen LogP contribution in [0, 0.1) is 6.92 Å². The van der Waals surface area contributed by atoms with Gasteiger partial charge < -0.3 is 19.7 Å². The molecular weight excluding hydrogens is 440 g/mol. The van der Waals surface area contributed by atoms with Gasteiger partial charge in [-0.15, -0.1) is 0 Å². The molecule has 0 saturated carbocycles. The second-order valence-corrected chi connectivity index (χ2v) is 8.23. The zero-order chi connectivity index (χ0) is 23.2. The number of nitrogens with one attached hydrogen (secondary N) is 1. The minimum atomic E-state index is -0.193. The summed E-state index contributed by atoms with van der Waals surface area (Å²) in [6.45, 7) is 2.98. The highest BCUT2D eigenvalue weighted by Crippen LogP contribution is 2.35. The average molecular weight is 465 g/mol. The summed E-state index contributed by atoms with van der Waals surface area (Å²) in [5.41, 5.74) is 2.78. The smallest absolute Gasteiger partial charge is 0.265 e. The summed E-state index contributed by atoms with van der Waals surface area (Å²) >= 11 is 5.89. The van der Waals surface area contributed by atoms with E-state index in [-0.39, 0.29) is 18.4 Å². The Morgan fingerprint density at radius 3 is 2.67 bits per heavy atom. The molecule has 0 spiro atoms. The number of rotatable bonds is 8. The lowest BCUT2D eigenvalue weighted by Crippen LogP contribution is -2.39. The summed E-state index contributed by atoms with van der Waals surface area (Å²) in [6, 6.07) is 20.0. The third-order valence-corrected chi connectivity index (χ3v) is 5.66. The van der Waals surface area contributed by atoms with Crippen LogP contribution in [0.3, 0.4) is 0 Å². The highest BCUT2D eigenvalue weighted by Gasteiger charge is 2.25. The highest BCUT2D eigenvalue weighted by atomic mass is 35.5. The monoisotopic (exact) mass is 464 g/mol. The molecule has 3 aromatic carbocycles. The summed E-state index contributed by atoms with van der Waals surface area (Å²) in [6.07, 6.45) is 1.55. The van der Waals surface area contributed by atoms with Crippen molar-refractivity contribution in [3.05, 3.63) is 82.9 Å². The van der Waals surface area contributed by atoms with Crippen molar-refractivity contribution < 1.29 is 19.1 Å². The predicted molar refractivity (Wildman–Crippen MR) is 130 cm³/mol. The van der Waals surface area contributed by atoms with Crippen LogP contribution in [-0.4, -0.2) is 31.6 Å². The van der Waals surface area contributed by atoms with E-state index in [1.54, 1.807) is 41.3 Å². The van der Waals surface area contributed by atoms with Gasteiger partial charge in [-0.3, -0.25) is 9.59 Å².